The highest BCUT2D eigenvalue weighted by molar-refractivity contribution is 5.94. The van der Waals surface area contributed by atoms with Crippen molar-refractivity contribution >= 4 is 18.1 Å². The number of carbonyl (C=O) groups is 1. The van der Waals surface area contributed by atoms with Crippen molar-refractivity contribution in [1.29, 1.82) is 0 Å². The number of phenols is 2. The number of benzene rings is 2. The van der Waals surface area contributed by atoms with Crippen LogP contribution in [0.25, 0.3) is 12.2 Å². The second kappa shape index (κ2) is 10.9. The Balaban J connectivity index is 1.99. The lowest BCUT2D eigenvalue weighted by Crippen LogP contribution is -2.49. The Bertz CT molecular complexity index is 899. The molecule has 0 radical (unpaired) electrons. The molecule has 31 heavy (non-hydrogen) atoms. The quantitative estimate of drug-likeness (QED) is 0.211. The van der Waals surface area contributed by atoms with Crippen LogP contribution < -0.4 is 0 Å². The van der Waals surface area contributed by atoms with E-state index in [2.05, 4.69) is 0 Å². The van der Waals surface area contributed by atoms with E-state index in [9.17, 15) is 35.4 Å². The van der Waals surface area contributed by atoms with Gasteiger partial charge in [-0.2, -0.15) is 0 Å². The number of aliphatic hydroxyl groups excluding tert-OH is 5. The number of hydrogen-bond acceptors (Lipinski definition) is 8. The molecule has 0 saturated carbocycles. The van der Waals surface area contributed by atoms with Gasteiger partial charge in [0.15, 0.2) is 11.5 Å². The Morgan fingerprint density at radius 3 is 2.00 bits per heavy atom. The number of nitrogens with zero attached hydrogens (tertiary/aromatic N) is 1. The fourth-order valence-electron chi connectivity index (χ4n) is 2.83. The average molecular weight is 433 g/mol. The van der Waals surface area contributed by atoms with Crippen LogP contribution in [0.5, 0.6) is 11.5 Å². The summed E-state index contributed by atoms with van der Waals surface area (Å²) in [5.41, 5.74) is 1.79. The Kier molecular flexibility index (Phi) is 8.55. The van der Waals surface area contributed by atoms with Gasteiger partial charge in [0, 0.05) is 19.2 Å². The normalized spacial score (nSPS) is 15.4. The topological polar surface area (TPSA) is 162 Å². The third-order valence-electron chi connectivity index (χ3n) is 4.76. The number of aromatic hydroxyl groups is 2. The number of hydrogen-bond donors (Lipinski definition) is 7. The van der Waals surface area contributed by atoms with E-state index in [1.54, 1.807) is 42.5 Å². The molecule has 0 aliphatic rings. The summed E-state index contributed by atoms with van der Waals surface area (Å²) < 4.78 is 0. The van der Waals surface area contributed by atoms with Gasteiger partial charge in [0.25, 0.3) is 5.91 Å². The standard InChI is InChI=1S/C22H27NO8/c1-23(11-18(27)20(29)21(30)19(28)12-24)22(31)15-7-4-13(5-8-15)2-3-14-6-9-16(25)17(26)10-14/h2-10,18-21,24-30H,11-12H2,1H3. The maximum absolute atomic E-state index is 12.5. The van der Waals surface area contributed by atoms with Crippen molar-refractivity contribution in [1.82, 2.24) is 4.90 Å². The summed E-state index contributed by atoms with van der Waals surface area (Å²) in [6, 6.07) is 11.0. The largest absolute Gasteiger partial charge is 0.504 e. The second-order valence-corrected chi connectivity index (χ2v) is 7.19. The molecule has 0 aliphatic carbocycles. The van der Waals surface area contributed by atoms with Crippen LogP contribution in [0, 0.1) is 0 Å². The van der Waals surface area contributed by atoms with E-state index in [4.69, 9.17) is 5.11 Å². The summed E-state index contributed by atoms with van der Waals surface area (Å²) in [7, 11) is 1.41. The zero-order valence-corrected chi connectivity index (χ0v) is 16.9. The molecule has 2 rings (SSSR count). The summed E-state index contributed by atoms with van der Waals surface area (Å²) in [4.78, 5) is 13.7. The van der Waals surface area contributed by atoms with Crippen molar-refractivity contribution in [2.24, 2.45) is 0 Å². The number of aliphatic hydroxyl groups is 5. The van der Waals surface area contributed by atoms with Crippen LogP contribution in [-0.2, 0) is 0 Å². The van der Waals surface area contributed by atoms with Crippen molar-refractivity contribution in [3.63, 3.8) is 0 Å². The summed E-state index contributed by atoms with van der Waals surface area (Å²) in [5.74, 6) is -0.861. The van der Waals surface area contributed by atoms with Crippen LogP contribution in [0.4, 0.5) is 0 Å². The van der Waals surface area contributed by atoms with Gasteiger partial charge < -0.3 is 40.6 Å². The van der Waals surface area contributed by atoms with Gasteiger partial charge in [-0.25, -0.2) is 0 Å². The minimum atomic E-state index is -1.76. The van der Waals surface area contributed by atoms with Gasteiger partial charge in [-0.3, -0.25) is 4.79 Å². The molecule has 0 aliphatic heterocycles. The van der Waals surface area contributed by atoms with E-state index in [1.807, 2.05) is 0 Å². The molecule has 0 saturated heterocycles. The molecule has 1 amide bonds. The fourth-order valence-corrected chi connectivity index (χ4v) is 2.83. The molecule has 9 heteroatoms. The van der Waals surface area contributed by atoms with E-state index in [1.165, 1.54) is 19.2 Å². The van der Waals surface area contributed by atoms with Gasteiger partial charge >= 0.3 is 0 Å². The number of likely N-dealkylation sites (N-methyl/N-ethyl adjacent to an activating group) is 1. The van der Waals surface area contributed by atoms with Crippen LogP contribution in [0.3, 0.4) is 0 Å². The highest BCUT2D eigenvalue weighted by Gasteiger charge is 2.31. The number of phenolic OH excluding ortho intramolecular Hbond substituents is 2. The lowest BCUT2D eigenvalue weighted by atomic mass is 10.0. The third kappa shape index (κ3) is 6.51. The van der Waals surface area contributed by atoms with Gasteiger partial charge in [-0.1, -0.05) is 30.4 Å². The highest BCUT2D eigenvalue weighted by Crippen LogP contribution is 2.25. The van der Waals surface area contributed by atoms with Crippen molar-refractivity contribution < 1.29 is 40.5 Å². The minimum Gasteiger partial charge on any atom is -0.504 e. The number of amides is 1. The van der Waals surface area contributed by atoms with E-state index in [0.717, 1.165) is 10.5 Å². The number of rotatable bonds is 9. The van der Waals surface area contributed by atoms with Crippen LogP contribution in [0.15, 0.2) is 42.5 Å². The molecule has 2 aromatic rings. The maximum atomic E-state index is 12.5. The average Bonchev–Trinajstić information content (AvgIpc) is 2.77. The zero-order valence-electron chi connectivity index (χ0n) is 16.9. The molecule has 0 heterocycles. The first-order valence-corrected chi connectivity index (χ1v) is 9.52. The predicted octanol–water partition coefficient (Wildman–Crippen LogP) is -0.224. The number of carbonyl (C=O) groups excluding carboxylic acids is 1. The third-order valence-corrected chi connectivity index (χ3v) is 4.76. The van der Waals surface area contributed by atoms with Crippen LogP contribution in [-0.4, -0.2) is 91.2 Å². The van der Waals surface area contributed by atoms with Crippen molar-refractivity contribution in [2.75, 3.05) is 20.2 Å². The summed E-state index contributed by atoms with van der Waals surface area (Å²) in [5, 5.41) is 66.6. The van der Waals surface area contributed by atoms with E-state index >= 15 is 0 Å². The first kappa shape index (κ1) is 24.3. The summed E-state index contributed by atoms with van der Waals surface area (Å²) in [6.45, 7) is -1.09. The monoisotopic (exact) mass is 433 g/mol. The van der Waals surface area contributed by atoms with E-state index < -0.39 is 36.9 Å². The minimum absolute atomic E-state index is 0.208. The van der Waals surface area contributed by atoms with Gasteiger partial charge in [0.2, 0.25) is 0 Å². The van der Waals surface area contributed by atoms with Gasteiger partial charge in [0.05, 0.1) is 6.61 Å². The highest BCUT2D eigenvalue weighted by atomic mass is 16.4. The van der Waals surface area contributed by atoms with Crippen molar-refractivity contribution in [2.45, 2.75) is 24.4 Å². The summed E-state index contributed by atoms with van der Waals surface area (Å²) >= 11 is 0. The van der Waals surface area contributed by atoms with Crippen LogP contribution in [0.2, 0.25) is 0 Å². The van der Waals surface area contributed by atoms with Gasteiger partial charge in [0.1, 0.15) is 24.4 Å². The molecule has 0 aromatic heterocycles. The molecule has 4 atom stereocenters. The Morgan fingerprint density at radius 2 is 1.42 bits per heavy atom. The van der Waals surface area contributed by atoms with Gasteiger partial charge in [-0.15, -0.1) is 0 Å². The molecule has 4 unspecified atom stereocenters. The van der Waals surface area contributed by atoms with Crippen LogP contribution >= 0.6 is 0 Å². The molecule has 2 aromatic carbocycles. The molecule has 168 valence electrons. The van der Waals surface area contributed by atoms with Crippen molar-refractivity contribution in [3.8, 4) is 11.5 Å². The fraction of sp³-hybridized carbons (Fsp3) is 0.318. The second-order valence-electron chi connectivity index (χ2n) is 7.19. The SMILES string of the molecule is CN(CC(O)C(O)C(O)C(O)CO)C(=O)c1ccc(C=Cc2ccc(O)c(O)c2)cc1. The van der Waals surface area contributed by atoms with E-state index in [0.29, 0.717) is 11.1 Å². The van der Waals surface area contributed by atoms with Crippen LogP contribution in [0.1, 0.15) is 21.5 Å². The lowest BCUT2D eigenvalue weighted by molar-refractivity contribution is -0.117. The predicted molar refractivity (Wildman–Crippen MR) is 113 cm³/mol. The van der Waals surface area contributed by atoms with Gasteiger partial charge in [-0.05, 0) is 35.4 Å². The first-order valence-electron chi connectivity index (χ1n) is 9.52. The lowest BCUT2D eigenvalue weighted by Gasteiger charge is -2.28. The molecule has 0 fully saturated rings. The Morgan fingerprint density at radius 1 is 0.871 bits per heavy atom. The Labute approximate surface area is 179 Å². The molecular formula is C22H27NO8. The first-order chi connectivity index (χ1) is 14.6. The van der Waals surface area contributed by atoms with E-state index in [-0.39, 0.29) is 18.0 Å². The Hall–Kier alpha value is -2.95. The molecule has 0 bridgehead atoms. The van der Waals surface area contributed by atoms with Crippen molar-refractivity contribution in [3.05, 3.63) is 59.2 Å². The summed E-state index contributed by atoms with van der Waals surface area (Å²) in [6.07, 6.45) is -3.16. The smallest absolute Gasteiger partial charge is 0.253 e. The molecule has 7 N–H and O–H groups in total. The maximum Gasteiger partial charge on any atom is 0.253 e. The molecule has 0 spiro atoms. The zero-order chi connectivity index (χ0) is 23.1. The molecular weight excluding hydrogens is 406 g/mol. The molecule has 9 nitrogen and oxygen atoms in total.